The van der Waals surface area contributed by atoms with Crippen LogP contribution >= 0.6 is 23.2 Å². The fourth-order valence-electron chi connectivity index (χ4n) is 2.17. The number of sulfonamides is 1. The van der Waals surface area contributed by atoms with Crippen molar-refractivity contribution in [2.75, 3.05) is 6.54 Å². The summed E-state index contributed by atoms with van der Waals surface area (Å²) in [6.07, 6.45) is 2.04. The van der Waals surface area contributed by atoms with Crippen molar-refractivity contribution < 1.29 is 12.8 Å². The van der Waals surface area contributed by atoms with Crippen molar-refractivity contribution in [1.29, 1.82) is 0 Å². The van der Waals surface area contributed by atoms with E-state index in [-0.39, 0.29) is 27.4 Å². The monoisotopic (exact) mass is 353 g/mol. The third kappa shape index (κ3) is 3.70. The number of hydrogen-bond acceptors (Lipinski definition) is 2. The maximum atomic E-state index is 14.4. The van der Waals surface area contributed by atoms with Crippen molar-refractivity contribution >= 4 is 33.2 Å². The molecule has 2 rings (SSSR count). The van der Waals surface area contributed by atoms with E-state index >= 15 is 0 Å². The molecular formula is C14H18Cl2FNO2S. The zero-order valence-electron chi connectivity index (χ0n) is 11.9. The highest BCUT2D eigenvalue weighted by Crippen LogP contribution is 2.34. The predicted octanol–water partition coefficient (Wildman–Crippen LogP) is 4.03. The minimum Gasteiger partial charge on any atom is -0.207 e. The van der Waals surface area contributed by atoms with Gasteiger partial charge in [0.25, 0.3) is 0 Å². The molecule has 1 saturated carbocycles. The molecule has 0 aromatic heterocycles. The molecule has 1 aromatic rings. The first-order valence-corrected chi connectivity index (χ1v) is 9.18. The van der Waals surface area contributed by atoms with E-state index in [4.69, 9.17) is 23.2 Å². The van der Waals surface area contributed by atoms with Gasteiger partial charge in [-0.1, -0.05) is 11.6 Å². The lowest BCUT2D eigenvalue weighted by atomic mass is 10.2. The Kier molecular flexibility index (Phi) is 5.19. The van der Waals surface area contributed by atoms with Gasteiger partial charge in [0.15, 0.2) is 0 Å². The molecule has 1 aliphatic carbocycles. The quantitative estimate of drug-likeness (QED) is 0.724. The van der Waals surface area contributed by atoms with Gasteiger partial charge in [0.05, 0.1) is 5.88 Å². The molecule has 0 N–H and O–H groups in total. The number of hydrogen-bond donors (Lipinski definition) is 0. The van der Waals surface area contributed by atoms with Crippen molar-refractivity contribution in [2.24, 2.45) is 5.92 Å². The average Bonchev–Trinajstić information content (AvgIpc) is 3.21. The van der Waals surface area contributed by atoms with Crippen LogP contribution < -0.4 is 0 Å². The minimum atomic E-state index is -3.93. The molecule has 0 aliphatic heterocycles. The van der Waals surface area contributed by atoms with Crippen LogP contribution in [0, 0.1) is 11.7 Å². The average molecular weight is 354 g/mol. The summed E-state index contributed by atoms with van der Waals surface area (Å²) in [6, 6.07) is 2.27. The summed E-state index contributed by atoms with van der Waals surface area (Å²) < 4.78 is 41.2. The van der Waals surface area contributed by atoms with E-state index in [2.05, 4.69) is 0 Å². The standard InChI is InChI=1S/C14H18Cl2FNO2S/c1-9(2)18(8-10-3-4-10)21(19,20)13-6-12(16)5-11(7-15)14(13)17/h5-6,9-10H,3-4,7-8H2,1-2H3. The van der Waals surface area contributed by atoms with E-state index in [1.54, 1.807) is 13.8 Å². The highest BCUT2D eigenvalue weighted by molar-refractivity contribution is 7.89. The lowest BCUT2D eigenvalue weighted by molar-refractivity contribution is 0.340. The van der Waals surface area contributed by atoms with Crippen molar-refractivity contribution in [3.63, 3.8) is 0 Å². The van der Waals surface area contributed by atoms with Crippen molar-refractivity contribution in [1.82, 2.24) is 4.31 Å². The first kappa shape index (κ1) is 17.0. The zero-order valence-corrected chi connectivity index (χ0v) is 14.3. The molecule has 1 fully saturated rings. The van der Waals surface area contributed by atoms with Gasteiger partial charge in [-0.15, -0.1) is 11.6 Å². The molecule has 0 amide bonds. The molecule has 0 bridgehead atoms. The van der Waals surface area contributed by atoms with Crippen LogP contribution in [0.2, 0.25) is 5.02 Å². The van der Waals surface area contributed by atoms with Crippen molar-refractivity contribution in [3.8, 4) is 0 Å². The summed E-state index contributed by atoms with van der Waals surface area (Å²) in [5.41, 5.74) is 0.0952. The molecule has 0 saturated heterocycles. The molecular weight excluding hydrogens is 336 g/mol. The number of alkyl halides is 1. The highest BCUT2D eigenvalue weighted by atomic mass is 35.5. The van der Waals surface area contributed by atoms with E-state index in [0.717, 1.165) is 18.9 Å². The maximum absolute atomic E-state index is 14.4. The van der Waals surface area contributed by atoms with Gasteiger partial charge in [-0.2, -0.15) is 4.31 Å². The van der Waals surface area contributed by atoms with Crippen molar-refractivity contribution in [2.45, 2.75) is 43.5 Å². The summed E-state index contributed by atoms with van der Waals surface area (Å²) in [5, 5.41) is 0.167. The Balaban J connectivity index is 2.48. The van der Waals surface area contributed by atoms with Crippen LogP contribution in [-0.4, -0.2) is 25.3 Å². The lowest BCUT2D eigenvalue weighted by Gasteiger charge is -2.26. The maximum Gasteiger partial charge on any atom is 0.246 e. The van der Waals surface area contributed by atoms with E-state index in [1.807, 2.05) is 0 Å². The topological polar surface area (TPSA) is 37.4 Å². The van der Waals surface area contributed by atoms with Crippen LogP contribution in [-0.2, 0) is 15.9 Å². The number of rotatable bonds is 6. The molecule has 118 valence electrons. The van der Waals surface area contributed by atoms with E-state index in [9.17, 15) is 12.8 Å². The lowest BCUT2D eigenvalue weighted by Crippen LogP contribution is -2.39. The summed E-state index contributed by atoms with van der Waals surface area (Å²) >= 11 is 11.6. The molecule has 1 aromatic carbocycles. The fourth-order valence-corrected chi connectivity index (χ4v) is 4.52. The first-order chi connectivity index (χ1) is 9.77. The Bertz CT molecular complexity index is 630. The van der Waals surface area contributed by atoms with E-state index < -0.39 is 15.8 Å². The summed E-state index contributed by atoms with van der Waals surface area (Å²) in [7, 11) is -3.93. The highest BCUT2D eigenvalue weighted by Gasteiger charge is 2.35. The molecule has 0 radical (unpaired) electrons. The molecule has 0 spiro atoms. The van der Waals surface area contributed by atoms with Gasteiger partial charge in [-0.05, 0) is 44.7 Å². The van der Waals surface area contributed by atoms with Crippen molar-refractivity contribution in [3.05, 3.63) is 28.5 Å². The van der Waals surface area contributed by atoms with Crippen LogP contribution in [0.15, 0.2) is 17.0 Å². The normalized spacial score (nSPS) is 16.0. The zero-order chi connectivity index (χ0) is 15.8. The second-order valence-electron chi connectivity index (χ2n) is 5.62. The largest absolute Gasteiger partial charge is 0.246 e. The van der Waals surface area contributed by atoms with Crippen LogP contribution in [0.5, 0.6) is 0 Å². The molecule has 0 atom stereocenters. The van der Waals surface area contributed by atoms with Gasteiger partial charge >= 0.3 is 0 Å². The Hall–Kier alpha value is -0.360. The van der Waals surface area contributed by atoms with E-state index in [1.165, 1.54) is 10.4 Å². The van der Waals surface area contributed by atoms with Gasteiger partial charge in [0.2, 0.25) is 10.0 Å². The third-order valence-corrected chi connectivity index (χ3v) is 6.07. The summed E-state index contributed by atoms with van der Waals surface area (Å²) in [4.78, 5) is -0.389. The van der Waals surface area contributed by atoms with Crippen LogP contribution in [0.4, 0.5) is 4.39 Å². The van der Waals surface area contributed by atoms with Crippen LogP contribution in [0.1, 0.15) is 32.3 Å². The van der Waals surface area contributed by atoms with Gasteiger partial charge in [-0.3, -0.25) is 0 Å². The molecule has 3 nitrogen and oxygen atoms in total. The van der Waals surface area contributed by atoms with Gasteiger partial charge < -0.3 is 0 Å². The molecule has 7 heteroatoms. The molecule has 0 heterocycles. The molecule has 0 unspecified atom stereocenters. The van der Waals surface area contributed by atoms with Crippen LogP contribution in [0.25, 0.3) is 0 Å². The number of nitrogens with zero attached hydrogens (tertiary/aromatic N) is 1. The predicted molar refractivity (Wildman–Crippen MR) is 82.7 cm³/mol. The Morgan fingerprint density at radius 2 is 2.00 bits per heavy atom. The number of benzene rings is 1. The molecule has 21 heavy (non-hydrogen) atoms. The van der Waals surface area contributed by atoms with Crippen LogP contribution in [0.3, 0.4) is 0 Å². The SMILES string of the molecule is CC(C)N(CC1CC1)S(=O)(=O)c1cc(Cl)cc(CCl)c1F. The Morgan fingerprint density at radius 3 is 2.48 bits per heavy atom. The third-order valence-electron chi connectivity index (χ3n) is 3.52. The summed E-state index contributed by atoms with van der Waals surface area (Å²) in [5.74, 6) is -0.563. The number of halogens is 3. The second-order valence-corrected chi connectivity index (χ2v) is 8.19. The van der Waals surface area contributed by atoms with Gasteiger partial charge in [0, 0.05) is 23.2 Å². The smallest absolute Gasteiger partial charge is 0.207 e. The second kappa shape index (κ2) is 6.41. The van der Waals surface area contributed by atoms with Gasteiger partial charge in [0.1, 0.15) is 10.7 Å². The fraction of sp³-hybridized carbons (Fsp3) is 0.571. The first-order valence-electron chi connectivity index (χ1n) is 6.83. The minimum absolute atomic E-state index is 0.0952. The summed E-state index contributed by atoms with van der Waals surface area (Å²) in [6.45, 7) is 3.98. The van der Waals surface area contributed by atoms with E-state index in [0.29, 0.717) is 12.5 Å². The molecule has 1 aliphatic rings. The Labute approximate surface area is 135 Å². The van der Waals surface area contributed by atoms with Gasteiger partial charge in [-0.25, -0.2) is 12.8 Å². The Morgan fingerprint density at radius 1 is 1.38 bits per heavy atom.